The number of nitrogens with zero attached hydrogens (tertiary/aromatic N) is 1. The number of hydrogen-bond donors (Lipinski definition) is 2. The van der Waals surface area contributed by atoms with E-state index in [0.717, 1.165) is 13.0 Å². The normalized spacial score (nSPS) is 21.3. The van der Waals surface area contributed by atoms with Crippen LogP contribution >= 0.6 is 0 Å². The van der Waals surface area contributed by atoms with Crippen LogP contribution in [-0.4, -0.2) is 54.9 Å². The van der Waals surface area contributed by atoms with Crippen LogP contribution in [0, 0.1) is 0 Å². The fourth-order valence-electron chi connectivity index (χ4n) is 1.63. The molecule has 1 aliphatic rings. The first-order valence-corrected chi connectivity index (χ1v) is 4.90. The van der Waals surface area contributed by atoms with Crippen molar-refractivity contribution in [3.63, 3.8) is 0 Å². The number of alkyl carbamates (subject to hydrolysis) is 1. The molecule has 0 aliphatic carbocycles. The molecule has 0 aromatic carbocycles. The molecule has 0 bridgehead atoms. The van der Waals surface area contributed by atoms with Gasteiger partial charge in [0.15, 0.2) is 0 Å². The molecule has 0 radical (unpaired) electrons. The number of aliphatic carboxylic acids is 1. The molecule has 0 saturated carbocycles. The Labute approximate surface area is 88.2 Å². The third-order valence-corrected chi connectivity index (χ3v) is 2.42. The van der Waals surface area contributed by atoms with Gasteiger partial charge in [0.05, 0.1) is 13.5 Å². The largest absolute Gasteiger partial charge is 0.481 e. The van der Waals surface area contributed by atoms with E-state index in [0.29, 0.717) is 13.1 Å². The zero-order chi connectivity index (χ0) is 11.3. The Morgan fingerprint density at radius 3 is 2.93 bits per heavy atom. The molecular weight excluding hydrogens is 200 g/mol. The summed E-state index contributed by atoms with van der Waals surface area (Å²) in [7, 11) is 1.33. The third-order valence-electron chi connectivity index (χ3n) is 2.42. The van der Waals surface area contributed by atoms with Crippen LogP contribution in [0.4, 0.5) is 4.79 Å². The van der Waals surface area contributed by atoms with Crippen LogP contribution in [0.3, 0.4) is 0 Å². The molecule has 6 heteroatoms. The van der Waals surface area contributed by atoms with Gasteiger partial charge in [-0.25, -0.2) is 4.79 Å². The number of hydrogen-bond acceptors (Lipinski definition) is 4. The smallest absolute Gasteiger partial charge is 0.407 e. The maximum atomic E-state index is 10.9. The van der Waals surface area contributed by atoms with E-state index in [1.54, 1.807) is 0 Å². The molecule has 1 aliphatic heterocycles. The Kier molecular flexibility index (Phi) is 4.36. The average Bonchev–Trinajstić information content (AvgIpc) is 2.62. The second-order valence-corrected chi connectivity index (χ2v) is 3.57. The van der Waals surface area contributed by atoms with Crippen molar-refractivity contribution in [3.05, 3.63) is 0 Å². The molecule has 6 nitrogen and oxygen atoms in total. The number of carbonyl (C=O) groups is 2. The summed E-state index contributed by atoms with van der Waals surface area (Å²) in [5, 5.41) is 11.2. The fourth-order valence-corrected chi connectivity index (χ4v) is 1.63. The van der Waals surface area contributed by atoms with Gasteiger partial charge in [-0.1, -0.05) is 0 Å². The minimum Gasteiger partial charge on any atom is -0.481 e. The highest BCUT2D eigenvalue weighted by Crippen LogP contribution is 2.09. The Hall–Kier alpha value is -1.30. The summed E-state index contributed by atoms with van der Waals surface area (Å²) in [6.45, 7) is 2.05. The van der Waals surface area contributed by atoms with Crippen LogP contribution in [0.15, 0.2) is 0 Å². The van der Waals surface area contributed by atoms with Crippen LogP contribution in [-0.2, 0) is 9.53 Å². The molecule has 0 aromatic rings. The van der Waals surface area contributed by atoms with Crippen LogP contribution in [0.2, 0.25) is 0 Å². The van der Waals surface area contributed by atoms with Gasteiger partial charge in [0.25, 0.3) is 0 Å². The topological polar surface area (TPSA) is 78.9 Å². The molecule has 1 unspecified atom stereocenters. The van der Waals surface area contributed by atoms with E-state index >= 15 is 0 Å². The summed E-state index contributed by atoms with van der Waals surface area (Å²) in [5.74, 6) is -0.792. The molecule has 1 heterocycles. The van der Waals surface area contributed by atoms with Crippen molar-refractivity contribution in [3.8, 4) is 0 Å². The molecule has 1 amide bonds. The summed E-state index contributed by atoms with van der Waals surface area (Å²) in [6.07, 6.45) is 0.555. The van der Waals surface area contributed by atoms with Crippen molar-refractivity contribution in [1.82, 2.24) is 10.2 Å². The van der Waals surface area contributed by atoms with Crippen molar-refractivity contribution >= 4 is 12.1 Å². The molecular formula is C9H16N2O4. The van der Waals surface area contributed by atoms with Crippen molar-refractivity contribution < 1.29 is 19.4 Å². The molecule has 0 aromatic heterocycles. The molecule has 1 rings (SSSR count). The van der Waals surface area contributed by atoms with E-state index in [4.69, 9.17) is 5.11 Å². The van der Waals surface area contributed by atoms with Crippen LogP contribution in [0.5, 0.6) is 0 Å². The monoisotopic (exact) mass is 216 g/mol. The van der Waals surface area contributed by atoms with Gasteiger partial charge in [0, 0.05) is 25.7 Å². The quantitative estimate of drug-likeness (QED) is 0.685. The Morgan fingerprint density at radius 1 is 1.60 bits per heavy atom. The van der Waals surface area contributed by atoms with Gasteiger partial charge in [-0.2, -0.15) is 0 Å². The number of ether oxygens (including phenoxy) is 1. The van der Waals surface area contributed by atoms with Crippen molar-refractivity contribution in [1.29, 1.82) is 0 Å². The van der Waals surface area contributed by atoms with E-state index in [2.05, 4.69) is 10.1 Å². The van der Waals surface area contributed by atoms with E-state index < -0.39 is 12.1 Å². The lowest BCUT2D eigenvalue weighted by Gasteiger charge is -2.14. The molecule has 1 fully saturated rings. The van der Waals surface area contributed by atoms with E-state index in [1.807, 2.05) is 4.90 Å². The number of amides is 1. The minimum atomic E-state index is -0.792. The highest BCUT2D eigenvalue weighted by atomic mass is 16.5. The SMILES string of the molecule is COC(=O)NC1CCN(CCC(=O)O)C1. The van der Waals surface area contributed by atoms with Gasteiger partial charge < -0.3 is 20.1 Å². The second kappa shape index (κ2) is 5.55. The van der Waals surface area contributed by atoms with Crippen LogP contribution < -0.4 is 5.32 Å². The number of carboxylic acid groups (broad SMARTS) is 1. The molecule has 1 atom stereocenters. The summed E-state index contributed by atoms with van der Waals surface area (Å²) in [5.41, 5.74) is 0. The van der Waals surface area contributed by atoms with Gasteiger partial charge >= 0.3 is 12.1 Å². The van der Waals surface area contributed by atoms with E-state index in [-0.39, 0.29) is 12.5 Å². The molecule has 2 N–H and O–H groups in total. The lowest BCUT2D eigenvalue weighted by atomic mass is 10.3. The molecule has 15 heavy (non-hydrogen) atoms. The zero-order valence-electron chi connectivity index (χ0n) is 8.73. The third kappa shape index (κ3) is 4.16. The molecule has 0 spiro atoms. The maximum absolute atomic E-state index is 10.9. The number of nitrogens with one attached hydrogen (secondary N) is 1. The molecule has 1 saturated heterocycles. The summed E-state index contributed by atoms with van der Waals surface area (Å²) in [4.78, 5) is 23.3. The second-order valence-electron chi connectivity index (χ2n) is 3.57. The van der Waals surface area contributed by atoms with Gasteiger partial charge in [0.2, 0.25) is 0 Å². The Balaban J connectivity index is 2.20. The van der Waals surface area contributed by atoms with Crippen molar-refractivity contribution in [2.24, 2.45) is 0 Å². The summed E-state index contributed by atoms with van der Waals surface area (Å²) < 4.78 is 4.48. The molecule has 86 valence electrons. The fraction of sp³-hybridized carbons (Fsp3) is 0.778. The number of methoxy groups -OCH3 is 1. The Morgan fingerprint density at radius 2 is 2.33 bits per heavy atom. The van der Waals surface area contributed by atoms with Gasteiger partial charge in [-0.15, -0.1) is 0 Å². The van der Waals surface area contributed by atoms with Crippen LogP contribution in [0.1, 0.15) is 12.8 Å². The number of likely N-dealkylation sites (tertiary alicyclic amines) is 1. The highest BCUT2D eigenvalue weighted by molar-refractivity contribution is 5.67. The van der Waals surface area contributed by atoms with Crippen molar-refractivity contribution in [2.75, 3.05) is 26.7 Å². The first kappa shape index (κ1) is 11.8. The highest BCUT2D eigenvalue weighted by Gasteiger charge is 2.23. The van der Waals surface area contributed by atoms with Gasteiger partial charge in [0.1, 0.15) is 0 Å². The summed E-state index contributed by atoms with van der Waals surface area (Å²) in [6, 6.07) is 0.0752. The lowest BCUT2D eigenvalue weighted by molar-refractivity contribution is -0.137. The summed E-state index contributed by atoms with van der Waals surface area (Å²) >= 11 is 0. The van der Waals surface area contributed by atoms with Gasteiger partial charge in [-0.3, -0.25) is 4.79 Å². The predicted octanol–water partition coefficient (Wildman–Crippen LogP) is -0.109. The van der Waals surface area contributed by atoms with Crippen LogP contribution in [0.25, 0.3) is 0 Å². The van der Waals surface area contributed by atoms with Crippen molar-refractivity contribution in [2.45, 2.75) is 18.9 Å². The lowest BCUT2D eigenvalue weighted by Crippen LogP contribution is -2.37. The maximum Gasteiger partial charge on any atom is 0.407 e. The number of carbonyl (C=O) groups excluding carboxylic acids is 1. The van der Waals surface area contributed by atoms with E-state index in [9.17, 15) is 9.59 Å². The number of rotatable bonds is 4. The average molecular weight is 216 g/mol. The van der Waals surface area contributed by atoms with E-state index in [1.165, 1.54) is 7.11 Å². The zero-order valence-corrected chi connectivity index (χ0v) is 8.73. The standard InChI is InChI=1S/C9H16N2O4/c1-15-9(14)10-7-2-4-11(6-7)5-3-8(12)13/h7H,2-6H2,1H3,(H,10,14)(H,12,13). The number of carboxylic acids is 1. The predicted molar refractivity (Wildman–Crippen MR) is 52.6 cm³/mol. The Bertz CT molecular complexity index is 244. The first-order valence-electron chi connectivity index (χ1n) is 4.90. The van der Waals surface area contributed by atoms with Gasteiger partial charge in [-0.05, 0) is 6.42 Å². The first-order chi connectivity index (χ1) is 7.11. The minimum absolute atomic E-state index is 0.0752.